The molecule has 0 bridgehead atoms. The minimum atomic E-state index is -0.440. The quantitative estimate of drug-likeness (QED) is 0.385. The van der Waals surface area contributed by atoms with E-state index in [0.717, 1.165) is 48.9 Å². The van der Waals surface area contributed by atoms with E-state index in [-0.39, 0.29) is 29.3 Å². The van der Waals surface area contributed by atoms with Gasteiger partial charge in [-0.3, -0.25) is 9.59 Å². The lowest BCUT2D eigenvalue weighted by molar-refractivity contribution is 0.0784. The maximum Gasteiger partial charge on any atom is 0.263 e. The molecule has 2 atom stereocenters. The minimum absolute atomic E-state index is 0.150. The highest BCUT2D eigenvalue weighted by atomic mass is 35.5. The van der Waals surface area contributed by atoms with Crippen molar-refractivity contribution < 1.29 is 9.90 Å². The second-order valence-electron chi connectivity index (χ2n) is 10.5. The summed E-state index contributed by atoms with van der Waals surface area (Å²) in [5.41, 5.74) is 2.68. The Morgan fingerprint density at radius 1 is 1.16 bits per heavy atom. The molecule has 2 fully saturated rings. The van der Waals surface area contributed by atoms with Crippen LogP contribution in [-0.4, -0.2) is 33.6 Å². The van der Waals surface area contributed by atoms with Crippen LogP contribution in [0, 0.1) is 17.2 Å². The molecule has 2 aromatic carbocycles. The first-order chi connectivity index (χ1) is 18.4. The molecule has 6 nitrogen and oxygen atoms in total. The minimum Gasteiger partial charge on any atom is -0.494 e. The number of aromatic hydroxyl groups is 1. The van der Waals surface area contributed by atoms with Crippen LogP contribution in [0.5, 0.6) is 5.88 Å². The SMILES string of the molecule is CCCCc1cc(=O)c(C(=O)N2CCC(c3ccc(Cl)cc3)C2)c(O)n1[C@@H](c1cccc(C#N)c1)C1CC1. The van der Waals surface area contributed by atoms with Crippen LogP contribution in [0.3, 0.4) is 0 Å². The number of nitrogens with zero attached hydrogens (tertiary/aromatic N) is 3. The molecular formula is C31H32ClN3O3. The van der Waals surface area contributed by atoms with E-state index in [0.29, 0.717) is 30.1 Å². The third-order valence-corrected chi connectivity index (χ3v) is 8.08. The van der Waals surface area contributed by atoms with E-state index in [4.69, 9.17) is 11.6 Å². The normalized spacial score (nSPS) is 17.8. The van der Waals surface area contributed by atoms with Crippen LogP contribution in [0.15, 0.2) is 59.4 Å². The Morgan fingerprint density at radius 2 is 1.92 bits per heavy atom. The summed E-state index contributed by atoms with van der Waals surface area (Å²) in [4.78, 5) is 28.7. The van der Waals surface area contributed by atoms with Crippen LogP contribution in [-0.2, 0) is 6.42 Å². The third kappa shape index (κ3) is 5.21. The van der Waals surface area contributed by atoms with Gasteiger partial charge in [-0.05, 0) is 73.4 Å². The zero-order valence-corrected chi connectivity index (χ0v) is 22.3. The van der Waals surface area contributed by atoms with Crippen molar-refractivity contribution in [1.82, 2.24) is 9.47 Å². The standard InChI is InChI=1S/C31H32ClN3O3/c1-2-3-7-26-17-27(36)28(30(37)34-15-14-24(19-34)21-10-12-25(32)13-11-21)31(38)35(26)29(22-8-9-22)23-6-4-5-20(16-23)18-33/h4-6,10-13,16-17,22,24,29,38H,2-3,7-9,14-15,19H2,1H3/t24?,29-/m1/s1. The molecule has 1 aliphatic carbocycles. The monoisotopic (exact) mass is 529 g/mol. The summed E-state index contributed by atoms with van der Waals surface area (Å²) in [7, 11) is 0. The van der Waals surface area contributed by atoms with Crippen molar-refractivity contribution >= 4 is 17.5 Å². The summed E-state index contributed by atoms with van der Waals surface area (Å²) in [6.45, 7) is 3.07. The molecule has 0 spiro atoms. The molecule has 7 heteroatoms. The Kier molecular flexibility index (Phi) is 7.58. The highest BCUT2D eigenvalue weighted by Crippen LogP contribution is 2.46. The summed E-state index contributed by atoms with van der Waals surface area (Å²) in [6, 6.07) is 18.6. The lowest BCUT2D eigenvalue weighted by atomic mass is 9.97. The number of hydrogen-bond donors (Lipinski definition) is 1. The van der Waals surface area contributed by atoms with E-state index in [9.17, 15) is 20.0 Å². The number of likely N-dealkylation sites (tertiary alicyclic amines) is 1. The van der Waals surface area contributed by atoms with Crippen LogP contribution in [0.1, 0.15) is 83.7 Å². The first-order valence-electron chi connectivity index (χ1n) is 13.4. The summed E-state index contributed by atoms with van der Waals surface area (Å²) in [6.07, 6.45) is 5.17. The van der Waals surface area contributed by atoms with Crippen molar-refractivity contribution in [2.75, 3.05) is 13.1 Å². The Bertz CT molecular complexity index is 1440. The number of rotatable bonds is 8. The fraction of sp³-hybridized carbons (Fsp3) is 0.387. The predicted octanol–water partition coefficient (Wildman–Crippen LogP) is 6.05. The number of aryl methyl sites for hydroxylation is 1. The molecule has 3 aromatic rings. The second-order valence-corrected chi connectivity index (χ2v) is 10.9. The zero-order chi connectivity index (χ0) is 26.8. The largest absolute Gasteiger partial charge is 0.494 e. The molecule has 38 heavy (non-hydrogen) atoms. The van der Waals surface area contributed by atoms with Crippen molar-refractivity contribution in [2.45, 2.75) is 57.4 Å². The smallest absolute Gasteiger partial charge is 0.263 e. The van der Waals surface area contributed by atoms with E-state index in [2.05, 4.69) is 13.0 Å². The summed E-state index contributed by atoms with van der Waals surface area (Å²) in [5.74, 6) is -0.276. The van der Waals surface area contributed by atoms with Crippen LogP contribution in [0.25, 0.3) is 0 Å². The molecule has 1 amide bonds. The maximum atomic E-state index is 13.7. The third-order valence-electron chi connectivity index (χ3n) is 7.83. The molecule has 1 saturated heterocycles. The Labute approximate surface area is 228 Å². The lowest BCUT2D eigenvalue weighted by Crippen LogP contribution is -2.34. The summed E-state index contributed by atoms with van der Waals surface area (Å²) in [5, 5.41) is 21.8. The predicted molar refractivity (Wildman–Crippen MR) is 148 cm³/mol. The molecule has 1 N–H and O–H groups in total. The molecule has 5 rings (SSSR count). The number of pyridine rings is 1. The first kappa shape index (κ1) is 26.1. The number of halogens is 1. The van der Waals surface area contributed by atoms with Crippen LogP contribution in [0.2, 0.25) is 5.02 Å². The Balaban J connectivity index is 1.54. The van der Waals surface area contributed by atoms with Crippen LogP contribution >= 0.6 is 11.6 Å². The van der Waals surface area contributed by atoms with Crippen LogP contribution < -0.4 is 5.43 Å². The van der Waals surface area contributed by atoms with Gasteiger partial charge in [0.25, 0.3) is 5.91 Å². The van der Waals surface area contributed by atoms with Crippen molar-refractivity contribution in [3.8, 4) is 11.9 Å². The number of nitriles is 1. The molecule has 196 valence electrons. The van der Waals surface area contributed by atoms with E-state index in [1.807, 2.05) is 47.0 Å². The number of benzene rings is 2. The highest BCUT2D eigenvalue weighted by molar-refractivity contribution is 6.30. The molecule has 2 aliphatic rings. The van der Waals surface area contributed by atoms with E-state index in [1.165, 1.54) is 0 Å². The van der Waals surface area contributed by atoms with E-state index < -0.39 is 11.3 Å². The van der Waals surface area contributed by atoms with Gasteiger partial charge in [0.15, 0.2) is 5.43 Å². The molecule has 2 heterocycles. The second kappa shape index (κ2) is 11.0. The van der Waals surface area contributed by atoms with Gasteiger partial charge in [-0.25, -0.2) is 0 Å². The van der Waals surface area contributed by atoms with Gasteiger partial charge in [0, 0.05) is 35.8 Å². The Hall–Kier alpha value is -3.56. The van der Waals surface area contributed by atoms with E-state index >= 15 is 0 Å². The van der Waals surface area contributed by atoms with Gasteiger partial charge in [-0.2, -0.15) is 5.26 Å². The number of hydrogen-bond acceptors (Lipinski definition) is 4. The zero-order valence-electron chi connectivity index (χ0n) is 21.6. The number of carbonyl (C=O) groups excluding carboxylic acids is 1. The number of carbonyl (C=O) groups is 1. The van der Waals surface area contributed by atoms with Gasteiger partial charge in [-0.15, -0.1) is 0 Å². The van der Waals surface area contributed by atoms with Gasteiger partial charge in [0.1, 0.15) is 5.56 Å². The Morgan fingerprint density at radius 3 is 2.61 bits per heavy atom. The van der Waals surface area contributed by atoms with Gasteiger partial charge >= 0.3 is 0 Å². The van der Waals surface area contributed by atoms with Crippen molar-refractivity contribution in [1.29, 1.82) is 5.26 Å². The first-order valence-corrected chi connectivity index (χ1v) is 13.8. The molecule has 1 aromatic heterocycles. The number of aromatic nitrogens is 1. The van der Waals surface area contributed by atoms with Gasteiger partial charge in [0.05, 0.1) is 17.7 Å². The van der Waals surface area contributed by atoms with E-state index in [1.54, 1.807) is 17.0 Å². The molecular weight excluding hydrogens is 498 g/mol. The fourth-order valence-electron chi connectivity index (χ4n) is 5.67. The van der Waals surface area contributed by atoms with Crippen molar-refractivity contribution in [2.24, 2.45) is 5.92 Å². The average molecular weight is 530 g/mol. The number of unbranched alkanes of at least 4 members (excludes halogenated alkanes) is 1. The van der Waals surface area contributed by atoms with Gasteiger partial charge in [0.2, 0.25) is 5.88 Å². The summed E-state index contributed by atoms with van der Waals surface area (Å²) >= 11 is 6.04. The molecule has 0 radical (unpaired) electrons. The van der Waals surface area contributed by atoms with Gasteiger partial charge in [-0.1, -0.05) is 49.2 Å². The topological polar surface area (TPSA) is 86.3 Å². The fourth-order valence-corrected chi connectivity index (χ4v) is 5.79. The molecule has 1 aliphatic heterocycles. The summed E-state index contributed by atoms with van der Waals surface area (Å²) < 4.78 is 1.81. The maximum absolute atomic E-state index is 13.7. The molecule has 1 saturated carbocycles. The van der Waals surface area contributed by atoms with Crippen molar-refractivity contribution in [3.63, 3.8) is 0 Å². The van der Waals surface area contributed by atoms with Crippen molar-refractivity contribution in [3.05, 3.63) is 97.8 Å². The van der Waals surface area contributed by atoms with Gasteiger partial charge < -0.3 is 14.6 Å². The number of amides is 1. The highest BCUT2D eigenvalue weighted by Gasteiger charge is 2.38. The average Bonchev–Trinajstić information content (AvgIpc) is 3.64. The van der Waals surface area contributed by atoms with Crippen LogP contribution in [0.4, 0.5) is 0 Å². The molecule has 1 unspecified atom stereocenters. The lowest BCUT2D eigenvalue weighted by Gasteiger charge is -2.28.